The van der Waals surface area contributed by atoms with Crippen molar-refractivity contribution in [2.24, 2.45) is 0 Å². The van der Waals surface area contributed by atoms with Crippen LogP contribution < -0.4 is 9.47 Å². The molecule has 1 aromatic carbocycles. The molecule has 126 valence electrons. The summed E-state index contributed by atoms with van der Waals surface area (Å²) < 4.78 is 23.9. The minimum Gasteiger partial charge on any atom is -0.484 e. The minimum atomic E-state index is -0.515. The predicted octanol–water partition coefficient (Wildman–Crippen LogP) is 1.98. The maximum Gasteiger partial charge on any atom is 0.316 e. The molecule has 2 heterocycles. The molecule has 0 radical (unpaired) electrons. The third-order valence-electron chi connectivity index (χ3n) is 3.72. The Hall–Kier alpha value is -2.70. The summed E-state index contributed by atoms with van der Waals surface area (Å²) in [6.07, 6.45) is 2.58. The van der Waals surface area contributed by atoms with Crippen molar-refractivity contribution in [3.63, 3.8) is 0 Å². The number of benzene rings is 1. The van der Waals surface area contributed by atoms with E-state index in [-0.39, 0.29) is 24.6 Å². The summed E-state index contributed by atoms with van der Waals surface area (Å²) in [7, 11) is 0. The Morgan fingerprint density at radius 1 is 1.38 bits per heavy atom. The predicted molar refractivity (Wildman–Crippen MR) is 84.3 cm³/mol. The van der Waals surface area contributed by atoms with E-state index in [0.29, 0.717) is 25.3 Å². The second-order valence-electron chi connectivity index (χ2n) is 5.66. The summed E-state index contributed by atoms with van der Waals surface area (Å²) in [5.41, 5.74) is 1.08. The van der Waals surface area contributed by atoms with Gasteiger partial charge in [0.15, 0.2) is 12.4 Å². The first-order valence-corrected chi connectivity index (χ1v) is 7.71. The number of carbonyl (C=O) groups is 1. The van der Waals surface area contributed by atoms with Crippen LogP contribution in [0.5, 0.6) is 11.8 Å². The summed E-state index contributed by atoms with van der Waals surface area (Å²) in [5, 5.41) is 0. The third-order valence-corrected chi connectivity index (χ3v) is 3.72. The molecule has 1 amide bonds. The van der Waals surface area contributed by atoms with Gasteiger partial charge in [-0.05, 0) is 24.6 Å². The van der Waals surface area contributed by atoms with Gasteiger partial charge in [-0.3, -0.25) is 4.79 Å². The zero-order valence-electron chi connectivity index (χ0n) is 13.3. The van der Waals surface area contributed by atoms with Crippen LogP contribution in [0, 0.1) is 12.7 Å². The molecule has 2 aromatic rings. The molecule has 1 unspecified atom stereocenters. The highest BCUT2D eigenvalue weighted by Gasteiger charge is 2.28. The van der Waals surface area contributed by atoms with Gasteiger partial charge in [-0.1, -0.05) is 12.1 Å². The van der Waals surface area contributed by atoms with Gasteiger partial charge in [0.1, 0.15) is 11.9 Å². The van der Waals surface area contributed by atoms with Gasteiger partial charge in [-0.2, -0.15) is 0 Å². The number of ether oxygens (including phenoxy) is 2. The van der Waals surface area contributed by atoms with E-state index in [4.69, 9.17) is 9.47 Å². The van der Waals surface area contributed by atoms with E-state index in [2.05, 4.69) is 9.97 Å². The number of likely N-dealkylation sites (tertiary alicyclic amines) is 1. The van der Waals surface area contributed by atoms with E-state index < -0.39 is 5.82 Å². The Balaban J connectivity index is 1.48. The summed E-state index contributed by atoms with van der Waals surface area (Å²) in [5.74, 6) is 0.0663. The number of hydrogen-bond acceptors (Lipinski definition) is 5. The highest BCUT2D eigenvalue weighted by Crippen LogP contribution is 2.16. The van der Waals surface area contributed by atoms with E-state index in [9.17, 15) is 9.18 Å². The Morgan fingerprint density at radius 3 is 2.92 bits per heavy atom. The molecule has 6 nitrogen and oxygen atoms in total. The largest absolute Gasteiger partial charge is 0.484 e. The molecule has 1 saturated heterocycles. The number of halogens is 1. The van der Waals surface area contributed by atoms with Crippen LogP contribution in [-0.4, -0.2) is 46.6 Å². The van der Waals surface area contributed by atoms with Crippen LogP contribution in [0.3, 0.4) is 0 Å². The molecule has 0 N–H and O–H groups in total. The second kappa shape index (κ2) is 7.25. The van der Waals surface area contributed by atoms with Crippen LogP contribution in [-0.2, 0) is 4.79 Å². The lowest BCUT2D eigenvalue weighted by Crippen LogP contribution is -2.34. The Bertz CT molecular complexity index is 708. The zero-order valence-corrected chi connectivity index (χ0v) is 13.3. The molecule has 1 atom stereocenters. The van der Waals surface area contributed by atoms with Crippen molar-refractivity contribution in [1.82, 2.24) is 14.9 Å². The average molecular weight is 331 g/mol. The van der Waals surface area contributed by atoms with Crippen LogP contribution in [0.15, 0.2) is 36.7 Å². The van der Waals surface area contributed by atoms with Gasteiger partial charge in [0.2, 0.25) is 0 Å². The normalized spacial score (nSPS) is 16.9. The number of amides is 1. The summed E-state index contributed by atoms with van der Waals surface area (Å²) in [6.45, 7) is 2.98. The number of rotatable bonds is 5. The van der Waals surface area contributed by atoms with Crippen molar-refractivity contribution in [2.45, 2.75) is 19.4 Å². The van der Waals surface area contributed by atoms with Gasteiger partial charge in [0, 0.05) is 13.0 Å². The lowest BCUT2D eigenvalue weighted by Gasteiger charge is -2.17. The van der Waals surface area contributed by atoms with Crippen LogP contribution in [0.1, 0.15) is 12.0 Å². The van der Waals surface area contributed by atoms with E-state index >= 15 is 0 Å². The van der Waals surface area contributed by atoms with Crippen LogP contribution in [0.2, 0.25) is 0 Å². The number of aryl methyl sites for hydroxylation is 1. The summed E-state index contributed by atoms with van der Waals surface area (Å²) >= 11 is 0. The lowest BCUT2D eigenvalue weighted by atomic mass is 10.2. The first-order chi connectivity index (χ1) is 11.6. The van der Waals surface area contributed by atoms with Crippen molar-refractivity contribution in [2.75, 3.05) is 19.7 Å². The molecular weight excluding hydrogens is 313 g/mol. The Kier molecular flexibility index (Phi) is 4.88. The molecule has 0 saturated carbocycles. The van der Waals surface area contributed by atoms with Crippen molar-refractivity contribution in [3.8, 4) is 11.8 Å². The standard InChI is InChI=1S/C17H18FN3O3/c1-12-3-2-4-14(7-12)23-11-16(22)21-6-5-15(10-21)24-17-19-8-13(18)9-20-17/h2-4,7-9,15H,5-6,10-11H2,1H3. The number of nitrogens with zero attached hydrogens (tertiary/aromatic N) is 3. The molecule has 1 aliphatic rings. The quantitative estimate of drug-likeness (QED) is 0.838. The monoisotopic (exact) mass is 331 g/mol. The van der Waals surface area contributed by atoms with Crippen LogP contribution in [0.4, 0.5) is 4.39 Å². The number of aromatic nitrogens is 2. The van der Waals surface area contributed by atoms with Gasteiger partial charge in [-0.25, -0.2) is 14.4 Å². The molecular formula is C17H18FN3O3. The SMILES string of the molecule is Cc1cccc(OCC(=O)N2CCC(Oc3ncc(F)cn3)C2)c1. The van der Waals surface area contributed by atoms with Gasteiger partial charge in [-0.15, -0.1) is 0 Å². The molecule has 1 aromatic heterocycles. The molecule has 0 spiro atoms. The average Bonchev–Trinajstić information content (AvgIpc) is 3.03. The Labute approximate surface area is 139 Å². The van der Waals surface area contributed by atoms with E-state index in [1.54, 1.807) is 4.90 Å². The van der Waals surface area contributed by atoms with E-state index in [1.807, 2.05) is 31.2 Å². The highest BCUT2D eigenvalue weighted by atomic mass is 19.1. The topological polar surface area (TPSA) is 64.5 Å². The van der Waals surface area contributed by atoms with Gasteiger partial charge in [0.05, 0.1) is 18.9 Å². The summed E-state index contributed by atoms with van der Waals surface area (Å²) in [6, 6.07) is 7.68. The summed E-state index contributed by atoms with van der Waals surface area (Å²) in [4.78, 5) is 21.4. The fraction of sp³-hybridized carbons (Fsp3) is 0.353. The maximum atomic E-state index is 12.8. The van der Waals surface area contributed by atoms with Crippen molar-refractivity contribution in [1.29, 1.82) is 0 Å². The van der Waals surface area contributed by atoms with E-state index in [0.717, 1.165) is 18.0 Å². The third kappa shape index (κ3) is 4.18. The van der Waals surface area contributed by atoms with Crippen molar-refractivity contribution < 1.29 is 18.7 Å². The fourth-order valence-corrected chi connectivity index (χ4v) is 2.50. The lowest BCUT2D eigenvalue weighted by molar-refractivity contribution is -0.132. The van der Waals surface area contributed by atoms with Crippen molar-refractivity contribution >= 4 is 5.91 Å². The molecule has 3 rings (SSSR count). The second-order valence-corrected chi connectivity index (χ2v) is 5.66. The van der Waals surface area contributed by atoms with Crippen LogP contribution >= 0.6 is 0 Å². The van der Waals surface area contributed by atoms with Gasteiger partial charge < -0.3 is 14.4 Å². The molecule has 1 fully saturated rings. The van der Waals surface area contributed by atoms with Gasteiger partial charge in [0.25, 0.3) is 5.91 Å². The smallest absolute Gasteiger partial charge is 0.316 e. The zero-order chi connectivity index (χ0) is 16.9. The minimum absolute atomic E-state index is 0.0107. The molecule has 24 heavy (non-hydrogen) atoms. The molecule has 0 bridgehead atoms. The highest BCUT2D eigenvalue weighted by molar-refractivity contribution is 5.78. The maximum absolute atomic E-state index is 12.8. The number of carbonyl (C=O) groups excluding carboxylic acids is 1. The van der Waals surface area contributed by atoms with Gasteiger partial charge >= 0.3 is 6.01 Å². The fourth-order valence-electron chi connectivity index (χ4n) is 2.50. The molecule has 0 aliphatic carbocycles. The molecule has 1 aliphatic heterocycles. The van der Waals surface area contributed by atoms with Crippen LogP contribution in [0.25, 0.3) is 0 Å². The first kappa shape index (κ1) is 16.2. The van der Waals surface area contributed by atoms with E-state index in [1.165, 1.54) is 0 Å². The van der Waals surface area contributed by atoms with Crippen molar-refractivity contribution in [3.05, 3.63) is 48.0 Å². The Morgan fingerprint density at radius 2 is 2.17 bits per heavy atom. The number of hydrogen-bond donors (Lipinski definition) is 0. The molecule has 7 heteroatoms. The first-order valence-electron chi connectivity index (χ1n) is 7.71.